The summed E-state index contributed by atoms with van der Waals surface area (Å²) in [5, 5.41) is 3.26. The van der Waals surface area contributed by atoms with Gasteiger partial charge in [-0.15, -0.1) is 0 Å². The number of halogens is 1. The largest absolute Gasteiger partial charge is 0.423 e. The molecule has 0 atom stereocenters. The van der Waals surface area contributed by atoms with Crippen LogP contribution in [0.2, 0.25) is 0 Å². The van der Waals surface area contributed by atoms with Crippen LogP contribution in [0.15, 0.2) is 75.9 Å². The third-order valence-corrected chi connectivity index (χ3v) is 5.67. The molecule has 1 aliphatic rings. The summed E-state index contributed by atoms with van der Waals surface area (Å²) in [5.41, 5.74) is 2.37. The van der Waals surface area contributed by atoms with Gasteiger partial charge in [-0.1, -0.05) is 30.3 Å². The summed E-state index contributed by atoms with van der Waals surface area (Å²) in [7, 11) is 0. The number of rotatable bonds is 3. The Morgan fingerprint density at radius 1 is 0.897 bits per heavy atom. The average molecular weight is 388 g/mol. The predicted octanol–water partition coefficient (Wildman–Crippen LogP) is 4.41. The molecule has 1 fully saturated rings. The van der Waals surface area contributed by atoms with Crippen molar-refractivity contribution in [1.82, 2.24) is 4.90 Å². The highest BCUT2D eigenvalue weighted by Crippen LogP contribution is 2.28. The molecule has 0 unspecified atom stereocenters. The maximum absolute atomic E-state index is 13.2. The zero-order chi connectivity index (χ0) is 19.8. The molecule has 146 valence electrons. The molecule has 4 aromatic rings. The van der Waals surface area contributed by atoms with Crippen molar-refractivity contribution in [2.75, 3.05) is 31.1 Å². The van der Waals surface area contributed by atoms with E-state index in [1.165, 1.54) is 12.1 Å². The van der Waals surface area contributed by atoms with Gasteiger partial charge in [0.1, 0.15) is 11.4 Å². The smallest absolute Gasteiger partial charge is 0.336 e. The highest BCUT2D eigenvalue weighted by molar-refractivity contribution is 6.07. The molecule has 0 spiro atoms. The first-order valence-corrected chi connectivity index (χ1v) is 9.85. The molecule has 29 heavy (non-hydrogen) atoms. The Kier molecular flexibility index (Phi) is 4.52. The quantitative estimate of drug-likeness (QED) is 0.385. The van der Waals surface area contributed by atoms with Crippen LogP contribution in [0.4, 0.5) is 10.1 Å². The standard InChI is InChI=1S/C24H21FN2O2/c25-19-6-8-20(9-7-19)27-13-11-26(12-14-27)16-18-15-23(28)29-22-10-5-17-3-1-2-4-21(17)24(18)22/h1-10,15H,11-14,16H2. The molecule has 5 heteroatoms. The van der Waals surface area contributed by atoms with Gasteiger partial charge < -0.3 is 9.32 Å². The number of anilines is 1. The SMILES string of the molecule is O=c1cc(CN2CCN(c3ccc(F)cc3)CC2)c2c(ccc3ccccc32)o1. The van der Waals surface area contributed by atoms with Crippen molar-refractivity contribution in [3.8, 4) is 0 Å². The van der Waals surface area contributed by atoms with E-state index in [9.17, 15) is 9.18 Å². The van der Waals surface area contributed by atoms with E-state index in [4.69, 9.17) is 4.42 Å². The number of hydrogen-bond donors (Lipinski definition) is 0. The maximum atomic E-state index is 13.2. The molecule has 0 saturated carbocycles. The van der Waals surface area contributed by atoms with E-state index in [0.717, 1.165) is 53.6 Å². The Bertz CT molecular complexity index is 1230. The van der Waals surface area contributed by atoms with E-state index in [2.05, 4.69) is 21.9 Å². The zero-order valence-corrected chi connectivity index (χ0v) is 16.0. The molecule has 3 aromatic carbocycles. The molecule has 0 aliphatic carbocycles. The van der Waals surface area contributed by atoms with Crippen LogP contribution in [0.3, 0.4) is 0 Å². The molecule has 0 bridgehead atoms. The molecule has 0 radical (unpaired) electrons. The normalized spacial score (nSPS) is 15.3. The Labute approximate surface area is 167 Å². The molecule has 4 nitrogen and oxygen atoms in total. The Balaban J connectivity index is 1.41. The number of piperazine rings is 1. The lowest BCUT2D eigenvalue weighted by molar-refractivity contribution is 0.250. The van der Waals surface area contributed by atoms with Crippen molar-refractivity contribution in [3.63, 3.8) is 0 Å². The van der Waals surface area contributed by atoms with E-state index in [1.807, 2.05) is 36.4 Å². The van der Waals surface area contributed by atoms with Crippen molar-refractivity contribution in [2.24, 2.45) is 0 Å². The molecular formula is C24H21FN2O2. The zero-order valence-electron chi connectivity index (χ0n) is 16.0. The fourth-order valence-electron chi connectivity index (χ4n) is 4.20. The predicted molar refractivity (Wildman–Crippen MR) is 114 cm³/mol. The van der Waals surface area contributed by atoms with Crippen LogP contribution in [0.5, 0.6) is 0 Å². The highest BCUT2D eigenvalue weighted by atomic mass is 19.1. The van der Waals surface area contributed by atoms with Crippen LogP contribution in [0, 0.1) is 5.82 Å². The molecule has 1 aromatic heterocycles. The van der Waals surface area contributed by atoms with Crippen molar-refractivity contribution in [2.45, 2.75) is 6.54 Å². The van der Waals surface area contributed by atoms with Gasteiger partial charge in [-0.05, 0) is 46.7 Å². The molecule has 0 N–H and O–H groups in total. The molecule has 1 saturated heterocycles. The van der Waals surface area contributed by atoms with Crippen LogP contribution in [0.1, 0.15) is 5.56 Å². The second kappa shape index (κ2) is 7.33. The minimum Gasteiger partial charge on any atom is -0.423 e. The van der Waals surface area contributed by atoms with Crippen molar-refractivity contribution in [1.29, 1.82) is 0 Å². The number of nitrogens with zero attached hydrogens (tertiary/aromatic N) is 2. The van der Waals surface area contributed by atoms with E-state index < -0.39 is 0 Å². The van der Waals surface area contributed by atoms with E-state index >= 15 is 0 Å². The lowest BCUT2D eigenvalue weighted by Gasteiger charge is -2.36. The third-order valence-electron chi connectivity index (χ3n) is 5.67. The number of fused-ring (bicyclic) bond motifs is 3. The maximum Gasteiger partial charge on any atom is 0.336 e. The minimum absolute atomic E-state index is 0.214. The summed E-state index contributed by atoms with van der Waals surface area (Å²) in [4.78, 5) is 16.7. The fourth-order valence-corrected chi connectivity index (χ4v) is 4.20. The van der Waals surface area contributed by atoms with Crippen molar-refractivity contribution >= 4 is 27.4 Å². The van der Waals surface area contributed by atoms with Gasteiger partial charge in [0.15, 0.2) is 0 Å². The van der Waals surface area contributed by atoms with Gasteiger partial charge >= 0.3 is 5.63 Å². The Morgan fingerprint density at radius 2 is 1.66 bits per heavy atom. The lowest BCUT2D eigenvalue weighted by atomic mass is 10.0. The average Bonchev–Trinajstić information content (AvgIpc) is 2.74. The summed E-state index contributed by atoms with van der Waals surface area (Å²) in [6, 6.07) is 20.3. The highest BCUT2D eigenvalue weighted by Gasteiger charge is 2.19. The van der Waals surface area contributed by atoms with Crippen LogP contribution >= 0.6 is 0 Å². The van der Waals surface area contributed by atoms with Gasteiger partial charge in [-0.2, -0.15) is 0 Å². The first kappa shape index (κ1) is 17.9. The minimum atomic E-state index is -0.312. The van der Waals surface area contributed by atoms with Crippen LogP contribution in [0.25, 0.3) is 21.7 Å². The first-order chi connectivity index (χ1) is 14.2. The number of benzene rings is 3. The number of hydrogen-bond acceptors (Lipinski definition) is 4. The summed E-state index contributed by atoms with van der Waals surface area (Å²) < 4.78 is 18.6. The van der Waals surface area contributed by atoms with Gasteiger partial charge in [-0.25, -0.2) is 9.18 Å². The summed E-state index contributed by atoms with van der Waals surface area (Å²) in [6.07, 6.45) is 0. The third kappa shape index (κ3) is 3.49. The van der Waals surface area contributed by atoms with Gasteiger partial charge in [-0.3, -0.25) is 4.90 Å². The second-order valence-electron chi connectivity index (χ2n) is 7.49. The summed E-state index contributed by atoms with van der Waals surface area (Å²) in [5.74, 6) is -0.214. The summed E-state index contributed by atoms with van der Waals surface area (Å²) in [6.45, 7) is 4.19. The molecule has 0 amide bonds. The van der Waals surface area contributed by atoms with E-state index in [1.54, 1.807) is 6.07 Å². The lowest BCUT2D eigenvalue weighted by Crippen LogP contribution is -2.46. The Hall–Kier alpha value is -3.18. The monoisotopic (exact) mass is 388 g/mol. The Morgan fingerprint density at radius 3 is 2.45 bits per heavy atom. The molecule has 5 rings (SSSR count). The first-order valence-electron chi connectivity index (χ1n) is 9.85. The van der Waals surface area contributed by atoms with Gasteiger partial charge in [0.05, 0.1) is 0 Å². The molecular weight excluding hydrogens is 367 g/mol. The topological polar surface area (TPSA) is 36.7 Å². The molecule has 2 heterocycles. The van der Waals surface area contributed by atoms with E-state index in [0.29, 0.717) is 12.1 Å². The van der Waals surface area contributed by atoms with Crippen LogP contribution in [-0.4, -0.2) is 31.1 Å². The van der Waals surface area contributed by atoms with Crippen molar-refractivity contribution in [3.05, 3.63) is 88.5 Å². The van der Waals surface area contributed by atoms with Crippen LogP contribution < -0.4 is 10.5 Å². The summed E-state index contributed by atoms with van der Waals surface area (Å²) >= 11 is 0. The molecule has 1 aliphatic heterocycles. The van der Waals surface area contributed by atoms with E-state index in [-0.39, 0.29) is 11.4 Å². The second-order valence-corrected chi connectivity index (χ2v) is 7.49. The fraction of sp³-hybridized carbons (Fsp3) is 0.208. The van der Waals surface area contributed by atoms with Gasteiger partial charge in [0.25, 0.3) is 0 Å². The van der Waals surface area contributed by atoms with Gasteiger partial charge in [0.2, 0.25) is 0 Å². The van der Waals surface area contributed by atoms with Gasteiger partial charge in [0, 0.05) is 49.9 Å². The van der Waals surface area contributed by atoms with Crippen molar-refractivity contribution < 1.29 is 8.81 Å². The van der Waals surface area contributed by atoms with Crippen LogP contribution in [-0.2, 0) is 6.54 Å².